The highest BCUT2D eigenvalue weighted by atomic mass is 79.9. The van der Waals surface area contributed by atoms with Gasteiger partial charge in [-0.1, -0.05) is 0 Å². The van der Waals surface area contributed by atoms with Crippen molar-refractivity contribution in [3.8, 4) is 0 Å². The molecule has 2 atom stereocenters. The van der Waals surface area contributed by atoms with E-state index in [4.69, 9.17) is 0 Å². The molecule has 0 N–H and O–H groups in total. The Kier molecular flexibility index (Phi) is 4.18. The summed E-state index contributed by atoms with van der Waals surface area (Å²) in [5.41, 5.74) is 4.00. The number of aryl methyl sites for hydroxylation is 1. The minimum absolute atomic E-state index is 0.688. The van der Waals surface area contributed by atoms with Gasteiger partial charge in [0.15, 0.2) is 0 Å². The highest BCUT2D eigenvalue weighted by Gasteiger charge is 2.44. The predicted octanol–water partition coefficient (Wildman–Crippen LogP) is 3.01. The van der Waals surface area contributed by atoms with Crippen molar-refractivity contribution in [3.05, 3.63) is 58.1 Å². The molecule has 2 aromatic heterocycles. The second kappa shape index (κ2) is 6.30. The molecule has 2 bridgehead atoms. The molecule has 4 nitrogen and oxygen atoms in total. The Hall–Kier alpha value is -1.30. The van der Waals surface area contributed by atoms with Gasteiger partial charge in [-0.25, -0.2) is 0 Å². The van der Waals surface area contributed by atoms with Crippen molar-refractivity contribution in [2.45, 2.75) is 38.5 Å². The zero-order valence-electron chi connectivity index (χ0n) is 13.3. The van der Waals surface area contributed by atoms with Crippen molar-refractivity contribution in [2.24, 2.45) is 0 Å². The molecule has 23 heavy (non-hydrogen) atoms. The first-order chi connectivity index (χ1) is 11.2. The lowest BCUT2D eigenvalue weighted by Crippen LogP contribution is -2.67. The maximum atomic E-state index is 4.28. The van der Waals surface area contributed by atoms with Gasteiger partial charge in [-0.2, -0.15) is 0 Å². The van der Waals surface area contributed by atoms with Crippen LogP contribution >= 0.6 is 15.9 Å². The van der Waals surface area contributed by atoms with Crippen LogP contribution < -0.4 is 0 Å². The van der Waals surface area contributed by atoms with Crippen LogP contribution in [0.5, 0.6) is 0 Å². The van der Waals surface area contributed by atoms with Crippen molar-refractivity contribution >= 4 is 15.9 Å². The molecule has 3 fully saturated rings. The standard InChI is InChI=1S/C18H21BrN4/c1-13-2-3-20-7-15(13)10-23-17-5-18(23)12-22(11-17)9-14-4-16(19)8-21-6-14/h2-4,6-8,17-18H,5,9-12H2,1H3. The van der Waals surface area contributed by atoms with Crippen LogP contribution in [-0.4, -0.2) is 44.9 Å². The lowest BCUT2D eigenvalue weighted by Gasteiger charge is -2.56. The Bertz CT molecular complexity index is 693. The molecule has 2 unspecified atom stereocenters. The number of nitrogens with zero attached hydrogens (tertiary/aromatic N) is 4. The van der Waals surface area contributed by atoms with Gasteiger partial charge in [0.1, 0.15) is 0 Å². The van der Waals surface area contributed by atoms with Crippen LogP contribution in [-0.2, 0) is 13.1 Å². The first kappa shape index (κ1) is 15.2. The average molecular weight is 373 g/mol. The molecule has 0 saturated carbocycles. The molecule has 3 aliphatic heterocycles. The van der Waals surface area contributed by atoms with Crippen LogP contribution in [0, 0.1) is 6.92 Å². The van der Waals surface area contributed by atoms with E-state index in [-0.39, 0.29) is 0 Å². The zero-order valence-corrected chi connectivity index (χ0v) is 14.9. The molecule has 0 radical (unpaired) electrons. The lowest BCUT2D eigenvalue weighted by molar-refractivity contribution is -0.0775. The van der Waals surface area contributed by atoms with Crippen molar-refractivity contribution in [3.63, 3.8) is 0 Å². The maximum absolute atomic E-state index is 4.28. The van der Waals surface area contributed by atoms with E-state index in [1.54, 1.807) is 0 Å². The Morgan fingerprint density at radius 3 is 2.70 bits per heavy atom. The summed E-state index contributed by atoms with van der Waals surface area (Å²) < 4.78 is 1.06. The Morgan fingerprint density at radius 1 is 1.13 bits per heavy atom. The number of fused-ring (bicyclic) bond motifs is 2. The number of hydrogen-bond acceptors (Lipinski definition) is 4. The van der Waals surface area contributed by atoms with E-state index >= 15 is 0 Å². The van der Waals surface area contributed by atoms with E-state index in [1.165, 1.54) is 23.1 Å². The number of hydrogen-bond donors (Lipinski definition) is 0. The van der Waals surface area contributed by atoms with Crippen molar-refractivity contribution < 1.29 is 0 Å². The molecule has 5 rings (SSSR count). The van der Waals surface area contributed by atoms with E-state index < -0.39 is 0 Å². The topological polar surface area (TPSA) is 32.3 Å². The molecule has 0 aromatic carbocycles. The molecule has 3 aliphatic rings. The fourth-order valence-corrected chi connectivity index (χ4v) is 4.23. The summed E-state index contributed by atoms with van der Waals surface area (Å²) in [6, 6.07) is 5.66. The maximum Gasteiger partial charge on any atom is 0.0410 e. The quantitative estimate of drug-likeness (QED) is 0.825. The summed E-state index contributed by atoms with van der Waals surface area (Å²) in [4.78, 5) is 13.8. The fourth-order valence-electron chi connectivity index (χ4n) is 3.82. The van der Waals surface area contributed by atoms with Gasteiger partial charge in [-0.3, -0.25) is 19.8 Å². The van der Waals surface area contributed by atoms with Crippen LogP contribution in [0.25, 0.3) is 0 Å². The molecule has 5 heteroatoms. The first-order valence-electron chi connectivity index (χ1n) is 8.16. The minimum Gasteiger partial charge on any atom is -0.296 e. The summed E-state index contributed by atoms with van der Waals surface area (Å²) in [6.07, 6.45) is 9.06. The number of piperidine rings is 1. The second-order valence-corrected chi connectivity index (χ2v) is 7.64. The smallest absolute Gasteiger partial charge is 0.0410 e. The van der Waals surface area contributed by atoms with Crippen LogP contribution in [0.3, 0.4) is 0 Å². The van der Waals surface area contributed by atoms with E-state index in [9.17, 15) is 0 Å². The van der Waals surface area contributed by atoms with Crippen LogP contribution in [0.2, 0.25) is 0 Å². The van der Waals surface area contributed by atoms with Gasteiger partial charge in [0.05, 0.1) is 0 Å². The zero-order chi connectivity index (χ0) is 15.8. The third-order valence-electron chi connectivity index (χ3n) is 5.09. The average Bonchev–Trinajstić information content (AvgIpc) is 2.54. The van der Waals surface area contributed by atoms with Crippen molar-refractivity contribution in [1.29, 1.82) is 0 Å². The Balaban J connectivity index is 1.38. The van der Waals surface area contributed by atoms with Crippen LogP contribution in [0.1, 0.15) is 23.1 Å². The first-order valence-corrected chi connectivity index (χ1v) is 8.95. The van der Waals surface area contributed by atoms with Crippen LogP contribution in [0.4, 0.5) is 0 Å². The SMILES string of the molecule is Cc1ccncc1CN1C2CC1CN(Cc1cncc(Br)c1)C2. The van der Waals surface area contributed by atoms with Crippen LogP contribution in [0.15, 0.2) is 41.4 Å². The van der Waals surface area contributed by atoms with E-state index in [0.717, 1.165) is 30.7 Å². The summed E-state index contributed by atoms with van der Waals surface area (Å²) in [6.45, 7) is 6.53. The highest BCUT2D eigenvalue weighted by Crippen LogP contribution is 2.34. The third kappa shape index (κ3) is 3.18. The number of rotatable bonds is 4. The summed E-state index contributed by atoms with van der Waals surface area (Å²) in [7, 11) is 0. The molecule has 0 amide bonds. The number of aromatic nitrogens is 2. The lowest BCUT2D eigenvalue weighted by atomic mass is 9.86. The third-order valence-corrected chi connectivity index (χ3v) is 5.52. The summed E-state index contributed by atoms with van der Waals surface area (Å²) in [5.74, 6) is 0. The number of piperazine rings is 1. The number of pyridine rings is 2. The van der Waals surface area contributed by atoms with Gasteiger partial charge in [-0.05, 0) is 58.1 Å². The van der Waals surface area contributed by atoms with Gasteiger partial charge in [0.2, 0.25) is 0 Å². The predicted molar refractivity (Wildman–Crippen MR) is 93.9 cm³/mol. The molecule has 0 aliphatic carbocycles. The summed E-state index contributed by atoms with van der Waals surface area (Å²) >= 11 is 3.51. The Labute approximate surface area is 145 Å². The monoisotopic (exact) mass is 372 g/mol. The highest BCUT2D eigenvalue weighted by molar-refractivity contribution is 9.10. The molecule has 3 saturated heterocycles. The molecular formula is C18H21BrN4. The molecule has 5 heterocycles. The van der Waals surface area contributed by atoms with Gasteiger partial charge >= 0.3 is 0 Å². The molecule has 0 spiro atoms. The van der Waals surface area contributed by atoms with Gasteiger partial charge in [0.25, 0.3) is 0 Å². The van der Waals surface area contributed by atoms with E-state index in [2.05, 4.69) is 54.8 Å². The molecule has 2 aromatic rings. The second-order valence-electron chi connectivity index (χ2n) is 6.72. The fraction of sp³-hybridized carbons (Fsp3) is 0.444. The Morgan fingerprint density at radius 2 is 1.96 bits per heavy atom. The molecule has 120 valence electrons. The van der Waals surface area contributed by atoms with Crippen molar-refractivity contribution in [1.82, 2.24) is 19.8 Å². The van der Waals surface area contributed by atoms with E-state index in [1.807, 2.05) is 24.8 Å². The van der Waals surface area contributed by atoms with Gasteiger partial charge in [-0.15, -0.1) is 0 Å². The normalized spacial score (nSPS) is 24.4. The van der Waals surface area contributed by atoms with Gasteiger partial charge in [0, 0.05) is 67.5 Å². The minimum atomic E-state index is 0.688. The molecular weight excluding hydrogens is 352 g/mol. The van der Waals surface area contributed by atoms with Crippen molar-refractivity contribution in [2.75, 3.05) is 13.1 Å². The van der Waals surface area contributed by atoms with Gasteiger partial charge < -0.3 is 0 Å². The largest absolute Gasteiger partial charge is 0.296 e. The number of halogens is 1. The van der Waals surface area contributed by atoms with E-state index in [0.29, 0.717) is 12.1 Å². The summed E-state index contributed by atoms with van der Waals surface area (Å²) in [5, 5.41) is 0.